The smallest absolute Gasteiger partial charge is 0.356 e. The lowest BCUT2D eigenvalue weighted by atomic mass is 9.70. The Morgan fingerprint density at radius 1 is 1.19 bits per heavy atom. The van der Waals surface area contributed by atoms with Crippen LogP contribution in [0.2, 0.25) is 0 Å². The number of carboxylic acid groups (broad SMARTS) is 1. The normalized spacial score (nSPS) is 23.0. The van der Waals surface area contributed by atoms with Crippen molar-refractivity contribution in [3.05, 3.63) is 15.6 Å². The molecular weight excluding hydrogens is 286 g/mol. The molecule has 1 fully saturated rings. The Labute approximate surface area is 129 Å². The van der Waals surface area contributed by atoms with E-state index in [9.17, 15) is 9.59 Å². The summed E-state index contributed by atoms with van der Waals surface area (Å²) in [4.78, 5) is 27.3. The van der Waals surface area contributed by atoms with Gasteiger partial charge in [0.25, 0.3) is 0 Å². The minimum absolute atomic E-state index is 0.0690. The van der Waals surface area contributed by atoms with Crippen LogP contribution in [-0.2, 0) is 0 Å². The van der Waals surface area contributed by atoms with Gasteiger partial charge in [0, 0.05) is 12.8 Å². The molecule has 1 aromatic rings. The first-order chi connectivity index (χ1) is 9.70. The van der Waals surface area contributed by atoms with Gasteiger partial charge in [0.15, 0.2) is 11.5 Å². The van der Waals surface area contributed by atoms with E-state index in [0.717, 1.165) is 30.7 Å². The summed E-state index contributed by atoms with van der Waals surface area (Å²) in [6.07, 6.45) is 4.36. The van der Waals surface area contributed by atoms with Gasteiger partial charge in [-0.3, -0.25) is 4.79 Å². The highest BCUT2D eigenvalue weighted by Crippen LogP contribution is 2.44. The van der Waals surface area contributed by atoms with E-state index in [1.54, 1.807) is 0 Å². The van der Waals surface area contributed by atoms with Gasteiger partial charge in [-0.15, -0.1) is 11.3 Å². The van der Waals surface area contributed by atoms with Crippen LogP contribution in [0.5, 0.6) is 0 Å². The van der Waals surface area contributed by atoms with E-state index in [1.807, 2.05) is 0 Å². The minimum Gasteiger partial charge on any atom is -0.476 e. The van der Waals surface area contributed by atoms with Crippen molar-refractivity contribution in [3.63, 3.8) is 0 Å². The van der Waals surface area contributed by atoms with Crippen LogP contribution in [0, 0.1) is 11.3 Å². The maximum absolute atomic E-state index is 11.6. The van der Waals surface area contributed by atoms with E-state index in [4.69, 9.17) is 5.11 Å². The first-order valence-electron chi connectivity index (χ1n) is 7.45. The summed E-state index contributed by atoms with van der Waals surface area (Å²) in [6, 6.07) is 0. The zero-order valence-electron chi connectivity index (χ0n) is 13.1. The van der Waals surface area contributed by atoms with Crippen molar-refractivity contribution in [2.24, 2.45) is 11.3 Å². The lowest BCUT2D eigenvalue weighted by Crippen LogP contribution is -2.25. The number of thiazole rings is 1. The molecule has 1 aliphatic carbocycles. The Morgan fingerprint density at radius 3 is 2.14 bits per heavy atom. The molecule has 1 N–H and O–H groups in total. The quantitative estimate of drug-likeness (QED) is 0.842. The van der Waals surface area contributed by atoms with Crippen molar-refractivity contribution >= 4 is 23.1 Å². The fraction of sp³-hybridized carbons (Fsp3) is 0.688. The number of rotatable bonds is 3. The summed E-state index contributed by atoms with van der Waals surface area (Å²) in [5.41, 5.74) is 0.255. The molecule has 0 saturated heterocycles. The molecule has 1 saturated carbocycles. The average Bonchev–Trinajstić information content (AvgIpc) is 2.83. The molecule has 0 unspecified atom stereocenters. The maximum Gasteiger partial charge on any atom is 0.356 e. The van der Waals surface area contributed by atoms with E-state index in [1.165, 1.54) is 18.3 Å². The number of nitrogens with zero attached hydrogens (tertiary/aromatic N) is 1. The zero-order valence-corrected chi connectivity index (χ0v) is 13.9. The highest BCUT2D eigenvalue weighted by molar-refractivity contribution is 7.14. The van der Waals surface area contributed by atoms with Crippen molar-refractivity contribution < 1.29 is 14.7 Å². The number of hydrogen-bond acceptors (Lipinski definition) is 4. The molecule has 0 spiro atoms. The van der Waals surface area contributed by atoms with Crippen LogP contribution >= 0.6 is 11.3 Å². The molecule has 21 heavy (non-hydrogen) atoms. The van der Waals surface area contributed by atoms with Crippen LogP contribution in [0.15, 0.2) is 0 Å². The highest BCUT2D eigenvalue weighted by atomic mass is 32.1. The fourth-order valence-electron chi connectivity index (χ4n) is 3.10. The second-order valence-electron chi connectivity index (χ2n) is 7.01. The largest absolute Gasteiger partial charge is 0.476 e. The summed E-state index contributed by atoms with van der Waals surface area (Å²) in [5, 5.41) is 9.99. The SMILES string of the molecule is CC(=O)c1sc(C2CCC(C(C)(C)C)CC2)nc1C(=O)O. The lowest BCUT2D eigenvalue weighted by Gasteiger charge is -2.36. The maximum atomic E-state index is 11.6. The van der Waals surface area contributed by atoms with Crippen molar-refractivity contribution in [2.45, 2.75) is 59.3 Å². The molecule has 1 heterocycles. The Morgan fingerprint density at radius 2 is 1.76 bits per heavy atom. The Hall–Kier alpha value is -1.23. The number of ketones is 1. The molecule has 0 radical (unpaired) electrons. The fourth-order valence-corrected chi connectivity index (χ4v) is 4.22. The van der Waals surface area contributed by atoms with Crippen LogP contribution < -0.4 is 0 Å². The molecular formula is C16H23NO3S. The summed E-state index contributed by atoms with van der Waals surface area (Å²) >= 11 is 1.27. The second-order valence-corrected chi connectivity index (χ2v) is 8.04. The van der Waals surface area contributed by atoms with E-state index in [-0.39, 0.29) is 16.4 Å². The number of Topliss-reactive ketones (excluding diaryl/α,β-unsaturated/α-hetero) is 1. The van der Waals surface area contributed by atoms with Crippen LogP contribution in [0.1, 0.15) is 84.5 Å². The first-order valence-corrected chi connectivity index (χ1v) is 8.26. The molecule has 0 aliphatic heterocycles. The molecule has 4 nitrogen and oxygen atoms in total. The van der Waals surface area contributed by atoms with E-state index < -0.39 is 5.97 Å². The molecule has 5 heteroatoms. The van der Waals surface area contributed by atoms with Crippen molar-refractivity contribution in [3.8, 4) is 0 Å². The van der Waals surface area contributed by atoms with Gasteiger partial charge in [-0.25, -0.2) is 9.78 Å². The van der Waals surface area contributed by atoms with Crippen LogP contribution in [-0.4, -0.2) is 21.8 Å². The number of hydrogen-bond donors (Lipinski definition) is 1. The van der Waals surface area contributed by atoms with Crippen molar-refractivity contribution in [2.75, 3.05) is 0 Å². The molecule has 0 atom stereocenters. The third-order valence-electron chi connectivity index (χ3n) is 4.47. The van der Waals surface area contributed by atoms with Crippen LogP contribution in [0.25, 0.3) is 0 Å². The average molecular weight is 309 g/mol. The molecule has 0 bridgehead atoms. The van der Waals surface area contributed by atoms with Gasteiger partial charge in [-0.2, -0.15) is 0 Å². The highest BCUT2D eigenvalue weighted by Gasteiger charge is 2.32. The van der Waals surface area contributed by atoms with Gasteiger partial charge in [0.05, 0.1) is 5.01 Å². The third kappa shape index (κ3) is 3.51. The third-order valence-corrected chi connectivity index (χ3v) is 5.79. The van der Waals surface area contributed by atoms with Gasteiger partial charge in [0.2, 0.25) is 0 Å². The second kappa shape index (κ2) is 5.87. The molecule has 0 aromatic carbocycles. The molecule has 1 aromatic heterocycles. The van der Waals surface area contributed by atoms with Crippen molar-refractivity contribution in [1.29, 1.82) is 0 Å². The minimum atomic E-state index is -1.11. The zero-order chi connectivity index (χ0) is 15.8. The Bertz CT molecular complexity index is 517. The summed E-state index contributed by atoms with van der Waals surface area (Å²) in [7, 11) is 0. The summed E-state index contributed by atoms with van der Waals surface area (Å²) < 4.78 is 0. The molecule has 1 aliphatic rings. The summed E-state index contributed by atoms with van der Waals surface area (Å²) in [6.45, 7) is 8.23. The molecule has 0 amide bonds. The van der Waals surface area contributed by atoms with E-state index >= 15 is 0 Å². The van der Waals surface area contributed by atoms with Gasteiger partial charge in [-0.05, 0) is 37.0 Å². The van der Waals surface area contributed by atoms with Gasteiger partial charge < -0.3 is 5.11 Å². The van der Waals surface area contributed by atoms with Gasteiger partial charge >= 0.3 is 5.97 Å². The number of aromatic carboxylic acids is 1. The van der Waals surface area contributed by atoms with Crippen molar-refractivity contribution in [1.82, 2.24) is 4.98 Å². The van der Waals surface area contributed by atoms with Crippen LogP contribution in [0.3, 0.4) is 0 Å². The number of carbonyl (C=O) groups excluding carboxylic acids is 1. The Kier molecular flexibility index (Phi) is 4.51. The predicted octanol–water partition coefficient (Wildman–Crippen LogP) is 4.36. The monoisotopic (exact) mass is 309 g/mol. The molecule has 2 rings (SSSR count). The Balaban J connectivity index is 2.16. The topological polar surface area (TPSA) is 67.3 Å². The molecule has 116 valence electrons. The van der Waals surface area contributed by atoms with E-state index in [2.05, 4.69) is 25.8 Å². The van der Waals surface area contributed by atoms with Gasteiger partial charge in [0.1, 0.15) is 4.88 Å². The van der Waals surface area contributed by atoms with Gasteiger partial charge in [-0.1, -0.05) is 20.8 Å². The number of aromatic nitrogens is 1. The number of carboxylic acids is 1. The standard InChI is InChI=1S/C16H23NO3S/c1-9(18)13-12(15(19)20)17-14(21-13)10-5-7-11(8-6-10)16(2,3)4/h10-11H,5-8H2,1-4H3,(H,19,20). The van der Waals surface area contributed by atoms with Crippen LogP contribution in [0.4, 0.5) is 0 Å². The summed E-state index contributed by atoms with van der Waals surface area (Å²) in [5.74, 6) is -0.301. The lowest BCUT2D eigenvalue weighted by molar-refractivity contribution is 0.0686. The predicted molar refractivity (Wildman–Crippen MR) is 83.2 cm³/mol. The number of carbonyl (C=O) groups is 2. The first kappa shape index (κ1) is 16.1. The van der Waals surface area contributed by atoms with E-state index in [0.29, 0.717) is 17.3 Å².